The van der Waals surface area contributed by atoms with Crippen molar-refractivity contribution in [3.63, 3.8) is 0 Å². The lowest BCUT2D eigenvalue weighted by Crippen LogP contribution is -3.08. The zero-order valence-corrected chi connectivity index (χ0v) is 16.5. The summed E-state index contributed by atoms with van der Waals surface area (Å²) in [5.41, 5.74) is 3.12. The molecule has 9 heteroatoms. The average Bonchev–Trinajstić information content (AvgIpc) is 3.39. The molecule has 142 valence electrons. The van der Waals surface area contributed by atoms with Crippen molar-refractivity contribution in [1.29, 1.82) is 0 Å². The molecule has 0 amide bonds. The molecule has 0 aliphatic heterocycles. The van der Waals surface area contributed by atoms with E-state index in [4.69, 9.17) is 12.2 Å². The average molecular weight is 394 g/mol. The zero-order chi connectivity index (χ0) is 19.5. The van der Waals surface area contributed by atoms with Crippen LogP contribution in [0.15, 0.2) is 67.3 Å². The van der Waals surface area contributed by atoms with Gasteiger partial charge in [0.25, 0.3) is 0 Å². The summed E-state index contributed by atoms with van der Waals surface area (Å²) in [6.07, 6.45) is 3.22. The quantitative estimate of drug-likeness (QED) is 0.504. The number of nitrogens with zero attached hydrogens (tertiary/aromatic N) is 7. The van der Waals surface area contributed by atoms with Gasteiger partial charge in [-0.25, -0.2) is 9.67 Å². The van der Waals surface area contributed by atoms with Gasteiger partial charge in [0.15, 0.2) is 6.67 Å². The Morgan fingerprint density at radius 2 is 1.75 bits per heavy atom. The smallest absolute Gasteiger partial charge is 0.225 e. The van der Waals surface area contributed by atoms with Crippen molar-refractivity contribution in [2.45, 2.75) is 19.6 Å². The van der Waals surface area contributed by atoms with E-state index < -0.39 is 0 Å². The van der Waals surface area contributed by atoms with Crippen molar-refractivity contribution in [2.24, 2.45) is 0 Å². The molecule has 0 aliphatic carbocycles. The summed E-state index contributed by atoms with van der Waals surface area (Å²) in [5, 5.41) is 12.6. The van der Waals surface area contributed by atoms with Gasteiger partial charge in [0.05, 0.1) is 18.4 Å². The van der Waals surface area contributed by atoms with E-state index in [0.29, 0.717) is 11.4 Å². The highest BCUT2D eigenvalue weighted by molar-refractivity contribution is 7.71. The van der Waals surface area contributed by atoms with Gasteiger partial charge in [-0.3, -0.25) is 0 Å². The van der Waals surface area contributed by atoms with Gasteiger partial charge in [-0.1, -0.05) is 30.3 Å². The summed E-state index contributed by atoms with van der Waals surface area (Å²) < 4.78 is 5.77. The van der Waals surface area contributed by atoms with Gasteiger partial charge in [-0.15, -0.1) is 0 Å². The van der Waals surface area contributed by atoms with Gasteiger partial charge in [0, 0.05) is 5.56 Å². The Balaban J connectivity index is 1.48. The summed E-state index contributed by atoms with van der Waals surface area (Å²) in [5.74, 6) is 0. The lowest BCUT2D eigenvalue weighted by atomic mass is 10.1. The largest absolute Gasteiger partial charge is 0.313 e. The number of tetrazole rings is 1. The Morgan fingerprint density at radius 1 is 1.00 bits per heavy atom. The molecule has 0 spiro atoms. The molecule has 1 N–H and O–H groups in total. The Kier molecular flexibility index (Phi) is 5.09. The second-order valence-electron chi connectivity index (χ2n) is 6.67. The number of para-hydroxylation sites is 1. The van der Waals surface area contributed by atoms with Crippen molar-refractivity contribution in [3.8, 4) is 11.4 Å². The van der Waals surface area contributed by atoms with Crippen LogP contribution in [0.5, 0.6) is 0 Å². The van der Waals surface area contributed by atoms with E-state index in [-0.39, 0.29) is 6.04 Å². The predicted molar refractivity (Wildman–Crippen MR) is 107 cm³/mol. The Bertz CT molecular complexity index is 1080. The summed E-state index contributed by atoms with van der Waals surface area (Å²) in [7, 11) is 2.12. The summed E-state index contributed by atoms with van der Waals surface area (Å²) in [4.78, 5) is 5.24. The molecular formula is C19H21N8S+. The Hall–Kier alpha value is -3.17. The molecule has 2 heterocycles. The minimum absolute atomic E-state index is 0.258. The van der Waals surface area contributed by atoms with E-state index >= 15 is 0 Å². The zero-order valence-electron chi connectivity index (χ0n) is 15.7. The minimum atomic E-state index is 0.258. The molecule has 2 aromatic heterocycles. The first-order chi connectivity index (χ1) is 13.6. The molecule has 4 aromatic rings. The van der Waals surface area contributed by atoms with Gasteiger partial charge in [-0.2, -0.15) is 14.5 Å². The highest BCUT2D eigenvalue weighted by atomic mass is 32.1. The van der Waals surface area contributed by atoms with Crippen LogP contribution in [0.25, 0.3) is 11.4 Å². The first kappa shape index (κ1) is 18.2. The van der Waals surface area contributed by atoms with Crippen molar-refractivity contribution < 1.29 is 4.90 Å². The van der Waals surface area contributed by atoms with Crippen molar-refractivity contribution in [1.82, 2.24) is 34.6 Å². The maximum absolute atomic E-state index is 5.56. The van der Waals surface area contributed by atoms with Crippen LogP contribution in [0.3, 0.4) is 0 Å². The van der Waals surface area contributed by atoms with Crippen LogP contribution >= 0.6 is 12.2 Å². The molecule has 8 nitrogen and oxygen atoms in total. The second-order valence-corrected chi connectivity index (χ2v) is 7.03. The van der Waals surface area contributed by atoms with E-state index in [2.05, 4.69) is 46.6 Å². The summed E-state index contributed by atoms with van der Waals surface area (Å²) in [6, 6.07) is 18.4. The van der Waals surface area contributed by atoms with Gasteiger partial charge in [-0.05, 0) is 53.8 Å². The molecule has 28 heavy (non-hydrogen) atoms. The molecule has 0 fully saturated rings. The fourth-order valence-corrected chi connectivity index (χ4v) is 3.26. The van der Waals surface area contributed by atoms with Crippen LogP contribution in [0.2, 0.25) is 0 Å². The summed E-state index contributed by atoms with van der Waals surface area (Å²) in [6.45, 7) is 2.81. The lowest BCUT2D eigenvalue weighted by molar-refractivity contribution is -0.933. The number of hydrogen-bond acceptors (Lipinski definition) is 5. The molecule has 2 aromatic carbocycles. The monoisotopic (exact) mass is 393 g/mol. The molecule has 1 unspecified atom stereocenters. The van der Waals surface area contributed by atoms with E-state index in [9.17, 15) is 0 Å². The first-order valence-corrected chi connectivity index (χ1v) is 9.40. The van der Waals surface area contributed by atoms with Crippen LogP contribution < -0.4 is 4.90 Å². The number of nitrogens with one attached hydrogen (secondary N) is 1. The molecular weight excluding hydrogens is 372 g/mol. The summed E-state index contributed by atoms with van der Waals surface area (Å²) >= 11 is 5.56. The highest BCUT2D eigenvalue weighted by Crippen LogP contribution is 2.13. The molecule has 0 aliphatic rings. The fourth-order valence-electron chi connectivity index (χ4n) is 3.02. The topological polar surface area (TPSA) is 70.8 Å². The number of quaternary nitrogens is 1. The number of hydrogen-bond donors (Lipinski definition) is 1. The lowest BCUT2D eigenvalue weighted by Gasteiger charge is -2.21. The van der Waals surface area contributed by atoms with E-state index in [1.165, 1.54) is 16.8 Å². The van der Waals surface area contributed by atoms with E-state index in [1.54, 1.807) is 20.4 Å². The fraction of sp³-hybridized carbons (Fsp3) is 0.211. The second kappa shape index (κ2) is 7.83. The molecule has 0 saturated heterocycles. The third-order valence-corrected chi connectivity index (χ3v) is 5.24. The van der Waals surface area contributed by atoms with Crippen LogP contribution in [0.4, 0.5) is 0 Å². The third kappa shape index (κ3) is 3.62. The normalized spacial score (nSPS) is 13.4. The van der Waals surface area contributed by atoms with Crippen LogP contribution in [-0.2, 0) is 6.67 Å². The number of aromatic nitrogens is 7. The maximum Gasteiger partial charge on any atom is 0.225 e. The SMILES string of the molecule is C[C@H](c1ccc(-n2cncn2)cc1)[NH+](C)Cn1nnn(-c2ccccc2)c1=S. The van der Waals surface area contributed by atoms with Crippen LogP contribution in [0.1, 0.15) is 18.5 Å². The molecule has 2 atom stereocenters. The Morgan fingerprint density at radius 3 is 2.43 bits per heavy atom. The van der Waals surface area contributed by atoms with Crippen molar-refractivity contribution >= 4 is 12.2 Å². The van der Waals surface area contributed by atoms with Gasteiger partial charge >= 0.3 is 0 Å². The van der Waals surface area contributed by atoms with Crippen molar-refractivity contribution in [3.05, 3.63) is 77.6 Å². The molecule has 0 radical (unpaired) electrons. The standard InChI is InChI=1S/C19H20N8S/c1-15(16-8-10-17(11-9-16)25-13-20-12-21-25)24(2)14-26-19(28)27(23-22-26)18-6-4-3-5-7-18/h3-13,15H,14H2,1-2H3/p+1/t15-/m1/s1. The van der Waals surface area contributed by atoms with Gasteiger partial charge < -0.3 is 4.90 Å². The van der Waals surface area contributed by atoms with Gasteiger partial charge in [0.1, 0.15) is 18.7 Å². The van der Waals surface area contributed by atoms with Gasteiger partial charge in [0.2, 0.25) is 4.77 Å². The Labute approximate surface area is 167 Å². The number of rotatable bonds is 6. The number of benzene rings is 2. The van der Waals surface area contributed by atoms with E-state index in [0.717, 1.165) is 11.4 Å². The predicted octanol–water partition coefficient (Wildman–Crippen LogP) is 1.61. The van der Waals surface area contributed by atoms with E-state index in [1.807, 2.05) is 42.5 Å². The minimum Gasteiger partial charge on any atom is -0.313 e. The maximum atomic E-state index is 5.56. The van der Waals surface area contributed by atoms with Crippen LogP contribution in [-0.4, -0.2) is 41.6 Å². The third-order valence-electron chi connectivity index (χ3n) is 4.85. The van der Waals surface area contributed by atoms with Crippen molar-refractivity contribution in [2.75, 3.05) is 7.05 Å². The molecule has 0 saturated carbocycles. The highest BCUT2D eigenvalue weighted by Gasteiger charge is 2.18. The first-order valence-electron chi connectivity index (χ1n) is 8.99. The molecule has 4 rings (SSSR count). The molecule has 0 bridgehead atoms. The van der Waals surface area contributed by atoms with Crippen LogP contribution in [0, 0.1) is 4.77 Å².